The first-order chi connectivity index (χ1) is 8.33. The van der Waals surface area contributed by atoms with Crippen LogP contribution in [-0.2, 0) is 9.53 Å². The van der Waals surface area contributed by atoms with Gasteiger partial charge in [-0.1, -0.05) is 32.6 Å². The summed E-state index contributed by atoms with van der Waals surface area (Å²) in [6.45, 7) is 5.26. The van der Waals surface area contributed by atoms with Gasteiger partial charge in [0.25, 0.3) is 0 Å². The Morgan fingerprint density at radius 3 is 2.88 bits per heavy atom. The van der Waals surface area contributed by atoms with Gasteiger partial charge in [0.1, 0.15) is 0 Å². The molecule has 2 N–H and O–H groups in total. The highest BCUT2D eigenvalue weighted by molar-refractivity contribution is 5.75. The van der Waals surface area contributed by atoms with E-state index in [2.05, 4.69) is 17.6 Å². The summed E-state index contributed by atoms with van der Waals surface area (Å²) in [6.07, 6.45) is 6.63. The number of morpholine rings is 1. The van der Waals surface area contributed by atoms with Gasteiger partial charge in [-0.2, -0.15) is 0 Å². The van der Waals surface area contributed by atoms with Crippen LogP contribution < -0.4 is 10.6 Å². The molecule has 0 spiro atoms. The van der Waals surface area contributed by atoms with Crippen LogP contribution in [0.25, 0.3) is 0 Å². The maximum Gasteiger partial charge on any atom is 0.220 e. The highest BCUT2D eigenvalue weighted by atomic mass is 16.5. The van der Waals surface area contributed by atoms with Crippen molar-refractivity contribution in [1.29, 1.82) is 0 Å². The van der Waals surface area contributed by atoms with E-state index in [9.17, 15) is 4.79 Å². The number of carbonyl (C=O) groups excluding carboxylic acids is 1. The first kappa shape index (κ1) is 14.5. The molecule has 0 radical (unpaired) electrons. The van der Waals surface area contributed by atoms with Crippen LogP contribution in [-0.4, -0.2) is 38.3 Å². The van der Waals surface area contributed by atoms with Crippen molar-refractivity contribution in [2.75, 3.05) is 26.3 Å². The molecule has 1 aliphatic heterocycles. The van der Waals surface area contributed by atoms with Gasteiger partial charge in [0, 0.05) is 25.6 Å². The number of ether oxygens (including phenoxy) is 1. The Morgan fingerprint density at radius 2 is 2.18 bits per heavy atom. The smallest absolute Gasteiger partial charge is 0.220 e. The summed E-state index contributed by atoms with van der Waals surface area (Å²) in [7, 11) is 0. The Morgan fingerprint density at radius 1 is 1.35 bits per heavy atom. The molecule has 0 aromatic rings. The van der Waals surface area contributed by atoms with Gasteiger partial charge in [-0.3, -0.25) is 4.79 Å². The molecule has 1 unspecified atom stereocenters. The van der Waals surface area contributed by atoms with Gasteiger partial charge in [-0.15, -0.1) is 0 Å². The fourth-order valence-electron chi connectivity index (χ4n) is 1.97. The molecule has 4 heteroatoms. The number of carbonyl (C=O) groups is 1. The number of unbranched alkanes of at least 4 members (excludes halogenated alkanes) is 4. The van der Waals surface area contributed by atoms with Crippen molar-refractivity contribution in [1.82, 2.24) is 10.6 Å². The predicted octanol–water partition coefficient (Wildman–Crippen LogP) is 1.45. The van der Waals surface area contributed by atoms with E-state index in [-0.39, 0.29) is 11.9 Å². The Hall–Kier alpha value is -0.610. The number of rotatable bonds is 8. The quantitative estimate of drug-likeness (QED) is 0.633. The summed E-state index contributed by atoms with van der Waals surface area (Å²) in [4.78, 5) is 11.5. The average Bonchev–Trinajstić information content (AvgIpc) is 2.37. The van der Waals surface area contributed by atoms with Crippen molar-refractivity contribution >= 4 is 5.91 Å². The predicted molar refractivity (Wildman–Crippen MR) is 69.0 cm³/mol. The van der Waals surface area contributed by atoms with E-state index in [0.717, 1.165) is 19.6 Å². The minimum atomic E-state index is 0.175. The molecule has 17 heavy (non-hydrogen) atoms. The SMILES string of the molecule is CCCCCCCC(=O)NCC1COCCN1. The second-order valence-corrected chi connectivity index (χ2v) is 4.69. The fraction of sp³-hybridized carbons (Fsp3) is 0.923. The summed E-state index contributed by atoms with van der Waals surface area (Å²) < 4.78 is 5.33. The number of nitrogens with one attached hydrogen (secondary N) is 2. The molecule has 100 valence electrons. The largest absolute Gasteiger partial charge is 0.378 e. The third-order valence-corrected chi connectivity index (χ3v) is 3.05. The van der Waals surface area contributed by atoms with E-state index in [1.807, 2.05) is 0 Å². The zero-order valence-electron chi connectivity index (χ0n) is 11.0. The molecule has 1 fully saturated rings. The Kier molecular flexibility index (Phi) is 8.01. The fourth-order valence-corrected chi connectivity index (χ4v) is 1.97. The summed E-state index contributed by atoms with van der Waals surface area (Å²) in [5.41, 5.74) is 0. The molecular weight excluding hydrogens is 216 g/mol. The molecule has 1 atom stereocenters. The number of hydrogen-bond acceptors (Lipinski definition) is 3. The zero-order valence-corrected chi connectivity index (χ0v) is 11.0. The summed E-state index contributed by atoms with van der Waals surface area (Å²) in [6, 6.07) is 0.285. The zero-order chi connectivity index (χ0) is 12.3. The van der Waals surface area contributed by atoms with Crippen molar-refractivity contribution in [3.8, 4) is 0 Å². The highest BCUT2D eigenvalue weighted by Gasteiger charge is 2.13. The molecular formula is C13H26N2O2. The molecule has 1 heterocycles. The van der Waals surface area contributed by atoms with Gasteiger partial charge >= 0.3 is 0 Å². The van der Waals surface area contributed by atoms with Crippen molar-refractivity contribution in [3.05, 3.63) is 0 Å². The maximum atomic E-state index is 11.5. The van der Waals surface area contributed by atoms with Crippen LogP contribution in [0.2, 0.25) is 0 Å². The van der Waals surface area contributed by atoms with E-state index in [4.69, 9.17) is 4.74 Å². The van der Waals surface area contributed by atoms with Crippen LogP contribution in [0.1, 0.15) is 45.4 Å². The van der Waals surface area contributed by atoms with Crippen LogP contribution in [0.4, 0.5) is 0 Å². The molecule has 4 nitrogen and oxygen atoms in total. The second kappa shape index (κ2) is 9.42. The minimum Gasteiger partial charge on any atom is -0.378 e. The lowest BCUT2D eigenvalue weighted by molar-refractivity contribution is -0.121. The van der Waals surface area contributed by atoms with Crippen LogP contribution in [0.3, 0.4) is 0 Å². The van der Waals surface area contributed by atoms with Crippen LogP contribution in [0, 0.1) is 0 Å². The van der Waals surface area contributed by atoms with Crippen molar-refractivity contribution in [2.45, 2.75) is 51.5 Å². The van der Waals surface area contributed by atoms with Gasteiger partial charge in [0.2, 0.25) is 5.91 Å². The third-order valence-electron chi connectivity index (χ3n) is 3.05. The Bertz CT molecular complexity index is 204. The normalized spacial score (nSPS) is 20.2. The lowest BCUT2D eigenvalue weighted by Crippen LogP contribution is -2.48. The van der Waals surface area contributed by atoms with E-state index in [1.54, 1.807) is 0 Å². The van der Waals surface area contributed by atoms with E-state index in [0.29, 0.717) is 19.6 Å². The molecule has 0 bridgehead atoms. The lowest BCUT2D eigenvalue weighted by Gasteiger charge is -2.23. The van der Waals surface area contributed by atoms with E-state index < -0.39 is 0 Å². The van der Waals surface area contributed by atoms with Crippen molar-refractivity contribution in [2.24, 2.45) is 0 Å². The van der Waals surface area contributed by atoms with Gasteiger partial charge < -0.3 is 15.4 Å². The Balaban J connectivity index is 1.93. The minimum absolute atomic E-state index is 0.175. The van der Waals surface area contributed by atoms with Gasteiger partial charge in [0.05, 0.1) is 13.2 Å². The Labute approximate surface area is 104 Å². The number of amides is 1. The standard InChI is InChI=1S/C13H26N2O2/c1-2-3-4-5-6-7-13(16)15-10-12-11-17-9-8-14-12/h12,14H,2-11H2,1H3,(H,15,16). The van der Waals surface area contributed by atoms with Crippen molar-refractivity contribution < 1.29 is 9.53 Å². The molecule has 0 aliphatic carbocycles. The van der Waals surface area contributed by atoms with Gasteiger partial charge in [-0.25, -0.2) is 0 Å². The molecule has 0 aromatic carbocycles. The average molecular weight is 242 g/mol. The first-order valence-electron chi connectivity index (χ1n) is 6.90. The third kappa shape index (κ3) is 7.34. The topological polar surface area (TPSA) is 50.4 Å². The molecule has 1 saturated heterocycles. The molecule has 0 saturated carbocycles. The molecule has 0 aromatic heterocycles. The molecule has 1 rings (SSSR count). The van der Waals surface area contributed by atoms with Crippen LogP contribution in [0.5, 0.6) is 0 Å². The lowest BCUT2D eigenvalue weighted by atomic mass is 10.1. The number of hydrogen-bond donors (Lipinski definition) is 2. The molecule has 1 amide bonds. The van der Waals surface area contributed by atoms with Gasteiger partial charge in [-0.05, 0) is 6.42 Å². The van der Waals surface area contributed by atoms with Crippen molar-refractivity contribution in [3.63, 3.8) is 0 Å². The maximum absolute atomic E-state index is 11.5. The van der Waals surface area contributed by atoms with E-state index >= 15 is 0 Å². The highest BCUT2D eigenvalue weighted by Crippen LogP contribution is 2.04. The van der Waals surface area contributed by atoms with Crippen LogP contribution in [0.15, 0.2) is 0 Å². The van der Waals surface area contributed by atoms with Gasteiger partial charge in [0.15, 0.2) is 0 Å². The summed E-state index contributed by atoms with van der Waals surface area (Å²) >= 11 is 0. The monoisotopic (exact) mass is 242 g/mol. The second-order valence-electron chi connectivity index (χ2n) is 4.69. The summed E-state index contributed by atoms with van der Waals surface area (Å²) in [5, 5.41) is 6.28. The molecule has 1 aliphatic rings. The summed E-state index contributed by atoms with van der Waals surface area (Å²) in [5.74, 6) is 0.175. The first-order valence-corrected chi connectivity index (χ1v) is 6.90. The van der Waals surface area contributed by atoms with Crippen LogP contribution >= 0.6 is 0 Å². The van der Waals surface area contributed by atoms with E-state index in [1.165, 1.54) is 25.7 Å².